The van der Waals surface area contributed by atoms with Crippen molar-refractivity contribution in [2.75, 3.05) is 13.3 Å². The van der Waals surface area contributed by atoms with Crippen LogP contribution in [0, 0.1) is 0 Å². The molecule has 2 aromatic carbocycles. The predicted octanol–water partition coefficient (Wildman–Crippen LogP) is 6.79. The molecule has 1 atom stereocenters. The summed E-state index contributed by atoms with van der Waals surface area (Å²) in [5.74, 6) is -0.176. The zero-order chi connectivity index (χ0) is 27.8. The number of carbonyl (C=O) groups excluding carboxylic acids is 1. The molecule has 38 heavy (non-hydrogen) atoms. The fourth-order valence-electron chi connectivity index (χ4n) is 3.62. The van der Waals surface area contributed by atoms with Crippen molar-refractivity contribution in [1.82, 2.24) is 9.88 Å². The number of alkyl halides is 6. The second-order valence-electron chi connectivity index (χ2n) is 8.43. The molecule has 3 aromatic rings. The summed E-state index contributed by atoms with van der Waals surface area (Å²) in [7, 11) is 0. The van der Waals surface area contributed by atoms with Gasteiger partial charge in [-0.1, -0.05) is 43.3 Å². The number of pyridine rings is 1. The van der Waals surface area contributed by atoms with Crippen LogP contribution < -0.4 is 0 Å². The summed E-state index contributed by atoms with van der Waals surface area (Å²) < 4.78 is 90.5. The van der Waals surface area contributed by atoms with Gasteiger partial charge < -0.3 is 14.4 Å². The van der Waals surface area contributed by atoms with Gasteiger partial charge in [0.2, 0.25) is 5.91 Å². The number of hydrogen-bond donors (Lipinski definition) is 0. The number of nitrogens with zero attached hydrogens (tertiary/aromatic N) is 2. The minimum atomic E-state index is -4.95. The van der Waals surface area contributed by atoms with Crippen LogP contribution in [0.1, 0.15) is 47.3 Å². The zero-order valence-corrected chi connectivity index (χ0v) is 20.4. The molecule has 1 aromatic heterocycles. The van der Waals surface area contributed by atoms with Crippen LogP contribution in [0.15, 0.2) is 73.1 Å². The molecule has 1 amide bonds. The highest BCUT2D eigenvalue weighted by atomic mass is 19.4. The third-order valence-corrected chi connectivity index (χ3v) is 5.54. The van der Waals surface area contributed by atoms with E-state index in [1.807, 2.05) is 6.07 Å². The largest absolute Gasteiger partial charge is 0.416 e. The van der Waals surface area contributed by atoms with E-state index < -0.39 is 36.2 Å². The molecular weight excluding hydrogens is 514 g/mol. The number of ether oxygens (including phenoxy) is 2. The molecule has 11 heteroatoms. The maximum absolute atomic E-state index is 13.2. The molecule has 0 aliphatic heterocycles. The van der Waals surface area contributed by atoms with E-state index in [4.69, 9.17) is 9.47 Å². The van der Waals surface area contributed by atoms with E-state index in [1.165, 1.54) is 4.90 Å². The lowest BCUT2D eigenvalue weighted by Gasteiger charge is -2.26. The molecular formula is C27H26F6N2O3. The van der Waals surface area contributed by atoms with E-state index in [1.54, 1.807) is 55.7 Å². The van der Waals surface area contributed by atoms with Gasteiger partial charge in [-0.3, -0.25) is 9.78 Å². The van der Waals surface area contributed by atoms with Gasteiger partial charge in [0, 0.05) is 25.4 Å². The highest BCUT2D eigenvalue weighted by Crippen LogP contribution is 2.36. The summed E-state index contributed by atoms with van der Waals surface area (Å²) >= 11 is 0. The standard InChI is InChI=1S/C27H26F6N2O3/c1-2-25(36)35(15-19-7-6-10-34-14-19)18-38-24(21-8-4-3-5-9-21)17-37-16-20-11-22(26(28,29)30)13-23(12-20)27(31,32)33/h3-14,24H,2,15-18H2,1H3. The molecule has 0 saturated heterocycles. The summed E-state index contributed by atoms with van der Waals surface area (Å²) in [5.41, 5.74) is -1.65. The highest BCUT2D eigenvalue weighted by molar-refractivity contribution is 5.75. The van der Waals surface area contributed by atoms with E-state index in [0.29, 0.717) is 17.7 Å². The Kier molecular flexibility index (Phi) is 9.87. The van der Waals surface area contributed by atoms with Crippen LogP contribution >= 0.6 is 0 Å². The van der Waals surface area contributed by atoms with Gasteiger partial charge in [0.05, 0.1) is 24.3 Å². The van der Waals surface area contributed by atoms with Gasteiger partial charge in [-0.25, -0.2) is 0 Å². The van der Waals surface area contributed by atoms with Crippen molar-refractivity contribution in [2.45, 2.75) is 45.0 Å². The molecule has 0 aliphatic carbocycles. The average molecular weight is 541 g/mol. The SMILES string of the molecule is CCC(=O)N(COC(COCc1cc(C(F)(F)F)cc(C(F)(F)F)c1)c1ccccc1)Cc1cccnc1. The van der Waals surface area contributed by atoms with Crippen LogP contribution in [0.5, 0.6) is 0 Å². The second-order valence-corrected chi connectivity index (χ2v) is 8.43. The Labute approximate surface area is 216 Å². The number of hydrogen-bond acceptors (Lipinski definition) is 4. The maximum atomic E-state index is 13.2. The van der Waals surface area contributed by atoms with E-state index in [2.05, 4.69) is 4.98 Å². The van der Waals surface area contributed by atoms with Crippen LogP contribution in [-0.2, 0) is 39.8 Å². The number of aromatic nitrogens is 1. The third kappa shape index (κ3) is 8.56. The Morgan fingerprint density at radius 1 is 0.921 bits per heavy atom. The molecule has 0 saturated carbocycles. The summed E-state index contributed by atoms with van der Waals surface area (Å²) in [6.45, 7) is 1.15. The molecule has 0 radical (unpaired) electrons. The van der Waals surface area contributed by atoms with Crippen molar-refractivity contribution in [2.24, 2.45) is 0 Å². The molecule has 1 heterocycles. The number of rotatable bonds is 11. The summed E-state index contributed by atoms with van der Waals surface area (Å²) in [5, 5.41) is 0. The summed E-state index contributed by atoms with van der Waals surface area (Å²) in [4.78, 5) is 18.0. The molecule has 0 N–H and O–H groups in total. The van der Waals surface area contributed by atoms with Gasteiger partial charge >= 0.3 is 12.4 Å². The Morgan fingerprint density at radius 2 is 1.58 bits per heavy atom. The topological polar surface area (TPSA) is 51.7 Å². The van der Waals surface area contributed by atoms with Gasteiger partial charge in [-0.2, -0.15) is 26.3 Å². The van der Waals surface area contributed by atoms with Crippen LogP contribution in [-0.4, -0.2) is 29.1 Å². The Bertz CT molecular complexity index is 1140. The molecule has 204 valence electrons. The smallest absolute Gasteiger partial charge is 0.374 e. The first kappa shape index (κ1) is 29.1. The fraction of sp³-hybridized carbons (Fsp3) is 0.333. The van der Waals surface area contributed by atoms with Gasteiger partial charge in [0.1, 0.15) is 12.8 Å². The first-order chi connectivity index (χ1) is 18.0. The van der Waals surface area contributed by atoms with E-state index in [9.17, 15) is 31.1 Å². The molecule has 0 spiro atoms. The highest BCUT2D eigenvalue weighted by Gasteiger charge is 2.36. The minimum Gasteiger partial charge on any atom is -0.374 e. The lowest BCUT2D eigenvalue weighted by atomic mass is 10.1. The van der Waals surface area contributed by atoms with Crippen molar-refractivity contribution in [1.29, 1.82) is 0 Å². The Balaban J connectivity index is 1.74. The van der Waals surface area contributed by atoms with Gasteiger partial charge in [-0.05, 0) is 41.0 Å². The van der Waals surface area contributed by atoms with Gasteiger partial charge in [-0.15, -0.1) is 0 Å². The van der Waals surface area contributed by atoms with Crippen LogP contribution in [0.2, 0.25) is 0 Å². The van der Waals surface area contributed by atoms with E-state index in [-0.39, 0.29) is 43.8 Å². The normalized spacial score (nSPS) is 12.8. The number of amides is 1. The first-order valence-corrected chi connectivity index (χ1v) is 11.7. The number of benzene rings is 2. The lowest BCUT2D eigenvalue weighted by molar-refractivity contribution is -0.144. The van der Waals surface area contributed by atoms with Crippen molar-refractivity contribution in [3.63, 3.8) is 0 Å². The molecule has 3 rings (SSSR count). The van der Waals surface area contributed by atoms with Crippen molar-refractivity contribution >= 4 is 5.91 Å². The summed E-state index contributed by atoms with van der Waals surface area (Å²) in [6, 6.07) is 13.6. The first-order valence-electron chi connectivity index (χ1n) is 11.7. The molecule has 0 bridgehead atoms. The van der Waals surface area contributed by atoms with Crippen LogP contribution in [0.4, 0.5) is 26.3 Å². The predicted molar refractivity (Wildman–Crippen MR) is 126 cm³/mol. The van der Waals surface area contributed by atoms with Gasteiger partial charge in [0.25, 0.3) is 0 Å². The fourth-order valence-corrected chi connectivity index (χ4v) is 3.62. The van der Waals surface area contributed by atoms with Crippen molar-refractivity contribution < 1.29 is 40.6 Å². The summed E-state index contributed by atoms with van der Waals surface area (Å²) in [6.07, 6.45) is -7.18. The zero-order valence-electron chi connectivity index (χ0n) is 20.4. The lowest BCUT2D eigenvalue weighted by Crippen LogP contribution is -2.33. The van der Waals surface area contributed by atoms with Crippen LogP contribution in [0.3, 0.4) is 0 Å². The monoisotopic (exact) mass is 540 g/mol. The number of carbonyl (C=O) groups is 1. The Hall–Kier alpha value is -3.44. The average Bonchev–Trinajstić information content (AvgIpc) is 2.89. The van der Waals surface area contributed by atoms with Crippen LogP contribution in [0.25, 0.3) is 0 Å². The molecule has 5 nitrogen and oxygen atoms in total. The second kappa shape index (κ2) is 12.9. The van der Waals surface area contributed by atoms with Gasteiger partial charge in [0.15, 0.2) is 0 Å². The molecule has 1 unspecified atom stereocenters. The molecule has 0 aliphatic rings. The Morgan fingerprint density at radius 3 is 2.13 bits per heavy atom. The molecule has 0 fully saturated rings. The van der Waals surface area contributed by atoms with Crippen molar-refractivity contribution in [3.8, 4) is 0 Å². The van der Waals surface area contributed by atoms with Crippen molar-refractivity contribution in [3.05, 3.63) is 101 Å². The van der Waals surface area contributed by atoms with E-state index >= 15 is 0 Å². The number of halogens is 6. The minimum absolute atomic E-state index is 0.0704. The third-order valence-electron chi connectivity index (χ3n) is 5.54. The maximum Gasteiger partial charge on any atom is 0.416 e. The quantitative estimate of drug-likeness (QED) is 0.199. The van der Waals surface area contributed by atoms with E-state index in [0.717, 1.165) is 5.56 Å².